The molecule has 0 spiro atoms. The van der Waals surface area contributed by atoms with Gasteiger partial charge in [0.15, 0.2) is 0 Å². The van der Waals surface area contributed by atoms with E-state index in [9.17, 15) is 0 Å². The van der Waals surface area contributed by atoms with E-state index >= 15 is 0 Å². The number of allylic oxidation sites excluding steroid dienone is 5. The highest BCUT2D eigenvalue weighted by atomic mass is 16.5. The summed E-state index contributed by atoms with van der Waals surface area (Å²) in [6, 6.07) is 8.14. The van der Waals surface area contributed by atoms with Crippen molar-refractivity contribution in [2.24, 2.45) is 0 Å². The number of rotatable bonds is 7. The molecule has 1 nitrogen and oxygen atoms in total. The molecule has 0 bridgehead atoms. The Labute approximate surface area is 123 Å². The van der Waals surface area contributed by atoms with E-state index in [0.717, 1.165) is 25.0 Å². The average molecular weight is 270 g/mol. The molecule has 0 amide bonds. The molecule has 0 aliphatic heterocycles. The van der Waals surface area contributed by atoms with Crippen LogP contribution in [-0.4, -0.2) is 7.11 Å². The van der Waals surface area contributed by atoms with Gasteiger partial charge in [-0.05, 0) is 57.7 Å². The summed E-state index contributed by atoms with van der Waals surface area (Å²) in [7, 11) is 1.69. The van der Waals surface area contributed by atoms with E-state index in [0.29, 0.717) is 0 Å². The third-order valence-electron chi connectivity index (χ3n) is 3.23. The molecule has 0 saturated carbocycles. The van der Waals surface area contributed by atoms with Gasteiger partial charge in [0, 0.05) is 0 Å². The predicted octanol–water partition coefficient (Wildman–Crippen LogP) is 5.79. The Kier molecular flexibility index (Phi) is 7.49. The molecular formula is C19H26O. The molecule has 0 aliphatic carbocycles. The minimum absolute atomic E-state index is 0.901. The SMILES string of the molecule is C/C=C(\C/C=C/c1ccc(OC)cc1)CCC=C(C)C. The maximum absolute atomic E-state index is 5.15. The first kappa shape index (κ1) is 16.3. The molecule has 0 heterocycles. The second-order valence-corrected chi connectivity index (χ2v) is 5.15. The lowest BCUT2D eigenvalue weighted by atomic mass is 10.0. The average Bonchev–Trinajstić information content (AvgIpc) is 2.46. The summed E-state index contributed by atoms with van der Waals surface area (Å²) >= 11 is 0. The molecule has 0 atom stereocenters. The number of hydrogen-bond acceptors (Lipinski definition) is 1. The highest BCUT2D eigenvalue weighted by molar-refractivity contribution is 5.50. The maximum atomic E-state index is 5.15. The summed E-state index contributed by atoms with van der Waals surface area (Å²) in [4.78, 5) is 0. The van der Waals surface area contributed by atoms with Gasteiger partial charge in [-0.15, -0.1) is 0 Å². The highest BCUT2D eigenvalue weighted by Crippen LogP contribution is 2.15. The molecular weight excluding hydrogens is 244 g/mol. The Balaban J connectivity index is 2.46. The molecule has 0 unspecified atom stereocenters. The van der Waals surface area contributed by atoms with Crippen LogP contribution in [-0.2, 0) is 0 Å². The molecule has 0 fully saturated rings. The molecule has 1 aromatic rings. The van der Waals surface area contributed by atoms with E-state index in [1.54, 1.807) is 7.11 Å². The summed E-state index contributed by atoms with van der Waals surface area (Å²) in [5.41, 5.74) is 4.10. The Bertz CT molecular complexity index is 471. The third-order valence-corrected chi connectivity index (χ3v) is 3.23. The third kappa shape index (κ3) is 6.42. The summed E-state index contributed by atoms with van der Waals surface area (Å²) < 4.78 is 5.15. The molecule has 20 heavy (non-hydrogen) atoms. The van der Waals surface area contributed by atoms with Crippen LogP contribution in [0.4, 0.5) is 0 Å². The number of benzene rings is 1. The fourth-order valence-corrected chi connectivity index (χ4v) is 1.97. The number of ether oxygens (including phenoxy) is 1. The van der Waals surface area contributed by atoms with Crippen LogP contribution in [0.25, 0.3) is 6.08 Å². The number of methoxy groups -OCH3 is 1. The fourth-order valence-electron chi connectivity index (χ4n) is 1.97. The normalized spacial score (nSPS) is 11.7. The van der Waals surface area contributed by atoms with Crippen LogP contribution in [0.15, 0.2) is 53.6 Å². The van der Waals surface area contributed by atoms with Crippen molar-refractivity contribution in [2.45, 2.75) is 40.0 Å². The van der Waals surface area contributed by atoms with Gasteiger partial charge in [0.25, 0.3) is 0 Å². The van der Waals surface area contributed by atoms with Crippen LogP contribution in [0.3, 0.4) is 0 Å². The van der Waals surface area contributed by atoms with Crippen molar-refractivity contribution < 1.29 is 4.74 Å². The summed E-state index contributed by atoms with van der Waals surface area (Å²) in [6.07, 6.45) is 12.3. The number of hydrogen-bond donors (Lipinski definition) is 0. The Morgan fingerprint density at radius 1 is 1.15 bits per heavy atom. The molecule has 1 heteroatoms. The van der Waals surface area contributed by atoms with Gasteiger partial charge in [-0.2, -0.15) is 0 Å². The van der Waals surface area contributed by atoms with Gasteiger partial charge in [0.1, 0.15) is 5.75 Å². The van der Waals surface area contributed by atoms with Crippen LogP contribution < -0.4 is 4.74 Å². The van der Waals surface area contributed by atoms with Crippen LogP contribution in [0, 0.1) is 0 Å². The first-order valence-corrected chi connectivity index (χ1v) is 7.23. The summed E-state index contributed by atoms with van der Waals surface area (Å²) in [5.74, 6) is 0.901. The van der Waals surface area contributed by atoms with Crippen LogP contribution in [0.2, 0.25) is 0 Å². The van der Waals surface area contributed by atoms with Gasteiger partial charge in [-0.1, -0.05) is 47.6 Å². The Morgan fingerprint density at radius 2 is 1.85 bits per heavy atom. The molecule has 1 aromatic carbocycles. The van der Waals surface area contributed by atoms with Crippen molar-refractivity contribution in [2.75, 3.05) is 7.11 Å². The standard InChI is InChI=1S/C19H26O/c1-5-17(9-6-8-16(2)3)10-7-11-18-12-14-19(20-4)15-13-18/h5,7-8,11-15H,6,9-10H2,1-4H3/b11-7+,17-5-. The van der Waals surface area contributed by atoms with Crippen LogP contribution in [0.5, 0.6) is 5.75 Å². The Hall–Kier alpha value is -1.76. The smallest absolute Gasteiger partial charge is 0.118 e. The first-order chi connectivity index (χ1) is 9.65. The van der Waals surface area contributed by atoms with E-state index in [4.69, 9.17) is 4.74 Å². The molecule has 0 radical (unpaired) electrons. The zero-order chi connectivity index (χ0) is 14.8. The summed E-state index contributed by atoms with van der Waals surface area (Å²) in [6.45, 7) is 6.43. The summed E-state index contributed by atoms with van der Waals surface area (Å²) in [5, 5.41) is 0. The van der Waals surface area contributed by atoms with Gasteiger partial charge < -0.3 is 4.74 Å². The minimum Gasteiger partial charge on any atom is -0.497 e. The van der Waals surface area contributed by atoms with E-state index in [-0.39, 0.29) is 0 Å². The zero-order valence-corrected chi connectivity index (χ0v) is 13.1. The monoisotopic (exact) mass is 270 g/mol. The lowest BCUT2D eigenvalue weighted by Crippen LogP contribution is -1.83. The molecule has 0 saturated heterocycles. The molecule has 0 N–H and O–H groups in total. The van der Waals surface area contributed by atoms with E-state index in [1.165, 1.54) is 16.7 Å². The van der Waals surface area contributed by atoms with Gasteiger partial charge in [0.05, 0.1) is 7.11 Å². The van der Waals surface area contributed by atoms with Gasteiger partial charge in [0.2, 0.25) is 0 Å². The quantitative estimate of drug-likeness (QED) is 0.570. The van der Waals surface area contributed by atoms with Crippen molar-refractivity contribution >= 4 is 6.08 Å². The first-order valence-electron chi connectivity index (χ1n) is 7.23. The van der Waals surface area contributed by atoms with Crippen molar-refractivity contribution in [3.05, 3.63) is 59.2 Å². The molecule has 1 rings (SSSR count). The lowest BCUT2D eigenvalue weighted by molar-refractivity contribution is 0.415. The molecule has 0 aliphatic rings. The van der Waals surface area contributed by atoms with Crippen molar-refractivity contribution in [3.63, 3.8) is 0 Å². The Morgan fingerprint density at radius 3 is 2.40 bits per heavy atom. The second kappa shape index (κ2) is 9.19. The maximum Gasteiger partial charge on any atom is 0.118 e. The van der Waals surface area contributed by atoms with Gasteiger partial charge in [-0.25, -0.2) is 0 Å². The fraction of sp³-hybridized carbons (Fsp3) is 0.368. The molecule has 0 aromatic heterocycles. The second-order valence-electron chi connectivity index (χ2n) is 5.15. The lowest BCUT2D eigenvalue weighted by Gasteiger charge is -2.02. The van der Waals surface area contributed by atoms with Crippen LogP contribution in [0.1, 0.15) is 45.6 Å². The van der Waals surface area contributed by atoms with Gasteiger partial charge in [-0.3, -0.25) is 0 Å². The van der Waals surface area contributed by atoms with E-state index in [1.807, 2.05) is 12.1 Å². The van der Waals surface area contributed by atoms with Crippen molar-refractivity contribution in [1.29, 1.82) is 0 Å². The van der Waals surface area contributed by atoms with Crippen molar-refractivity contribution in [3.8, 4) is 5.75 Å². The van der Waals surface area contributed by atoms with Gasteiger partial charge >= 0.3 is 0 Å². The van der Waals surface area contributed by atoms with Crippen molar-refractivity contribution in [1.82, 2.24) is 0 Å². The zero-order valence-electron chi connectivity index (χ0n) is 13.1. The predicted molar refractivity (Wildman–Crippen MR) is 89.1 cm³/mol. The highest BCUT2D eigenvalue weighted by Gasteiger charge is 1.94. The minimum atomic E-state index is 0.901. The molecule has 108 valence electrons. The van der Waals surface area contributed by atoms with E-state index in [2.05, 4.69) is 57.2 Å². The largest absolute Gasteiger partial charge is 0.497 e. The van der Waals surface area contributed by atoms with Crippen LogP contribution >= 0.6 is 0 Å². The topological polar surface area (TPSA) is 9.23 Å². The van der Waals surface area contributed by atoms with E-state index < -0.39 is 0 Å².